The molecule has 23 aliphatic rings. The first-order valence-corrected chi connectivity index (χ1v) is 53.7. The number of hydrogen-bond donors (Lipinski definition) is 0. The van der Waals surface area contributed by atoms with E-state index in [1.54, 1.807) is 39.2 Å². The average molecular weight is 1680 g/mol. The van der Waals surface area contributed by atoms with Crippen molar-refractivity contribution in [2.24, 2.45) is 164 Å². The van der Waals surface area contributed by atoms with Crippen LogP contribution < -0.4 is 0 Å². The third-order valence-corrected chi connectivity index (χ3v) is 37.2. The van der Waals surface area contributed by atoms with Crippen LogP contribution in [0.1, 0.15) is 409 Å². The van der Waals surface area contributed by atoms with E-state index in [1.165, 1.54) is 231 Å². The summed E-state index contributed by atoms with van der Waals surface area (Å²) in [6, 6.07) is 0. The van der Waals surface area contributed by atoms with E-state index in [0.29, 0.717) is 76.4 Å². The van der Waals surface area contributed by atoms with Crippen LogP contribution in [0.4, 0.5) is 0 Å². The molecule has 0 heterocycles. The van der Waals surface area contributed by atoms with E-state index in [1.807, 2.05) is 6.92 Å². The van der Waals surface area contributed by atoms with Crippen molar-refractivity contribution < 1.29 is 47.4 Å². The van der Waals surface area contributed by atoms with E-state index in [9.17, 15) is 0 Å². The van der Waals surface area contributed by atoms with E-state index in [2.05, 4.69) is 138 Å². The minimum atomic E-state index is 0.351. The lowest BCUT2D eigenvalue weighted by atomic mass is 9.50. The molecule has 23 saturated carbocycles. The molecule has 0 aromatic carbocycles. The zero-order chi connectivity index (χ0) is 86.3. The van der Waals surface area contributed by atoms with Gasteiger partial charge in [-0.3, -0.25) is 0 Å². The molecule has 702 valence electrons. The van der Waals surface area contributed by atoms with Crippen molar-refractivity contribution in [1.29, 1.82) is 0 Å². The van der Waals surface area contributed by atoms with Crippen LogP contribution in [-0.4, -0.2) is 128 Å². The molecule has 13 atom stereocenters. The number of fused-ring (bicyclic) bond motifs is 4. The normalized spacial score (nSPS) is 41.9. The number of ether oxygens (including phenoxy) is 10. The number of hydrogen-bond acceptors (Lipinski definition) is 10. The number of methoxy groups -OCH3 is 1. The highest BCUT2D eigenvalue weighted by Crippen LogP contribution is 2.67. The maximum atomic E-state index is 6.04. The molecule has 0 radical (unpaired) electrons. The largest absolute Gasteiger partial charge is 0.381 e. The average Bonchev–Trinajstić information content (AvgIpc) is 1.55. The quantitative estimate of drug-likeness (QED) is 0.0880. The van der Waals surface area contributed by atoms with E-state index < -0.39 is 0 Å². The predicted octanol–water partition coefficient (Wildman–Crippen LogP) is 29.0. The van der Waals surface area contributed by atoms with Gasteiger partial charge in [0.2, 0.25) is 0 Å². The summed E-state index contributed by atoms with van der Waals surface area (Å²) < 4.78 is 56.8. The molecule has 23 fully saturated rings. The molecule has 0 aromatic rings. The predicted molar refractivity (Wildman–Crippen MR) is 503 cm³/mol. The summed E-state index contributed by atoms with van der Waals surface area (Å²) in [5.74, 6) is 24.2. The van der Waals surface area contributed by atoms with Gasteiger partial charge in [0.1, 0.15) is 0 Å². The summed E-state index contributed by atoms with van der Waals surface area (Å²) in [7, 11) is 1.74. The van der Waals surface area contributed by atoms with Crippen LogP contribution in [0.5, 0.6) is 0 Å². The molecular weight excluding hydrogens is 1480 g/mol. The Bertz CT molecular complexity index is 2630. The Morgan fingerprint density at radius 2 is 0.842 bits per heavy atom. The fraction of sp³-hybridized carbons (Fsp3) is 1.00. The SMILES string of the molecule is CCOC(C)C(C)C.CCOC12CC3CC(CC(C3)C1)C2.CCOC1C2CC3CC(C2)CC1C3.CCOC1CC(C)CCC1C(C)C.CCOC1CC2CCC1(C)C2(C)C.CCOC1CC2CCC1C2.CCOC1CCCC(C2CCCCC2)C1.CCOCC12CC3CC(CC(C3)C1)C2.CCOCC1C2CC3CC(C2)CC1C3.COC(C)C(C)C. The Balaban J connectivity index is 0.000000141. The van der Waals surface area contributed by atoms with Crippen LogP contribution in [0, 0.1) is 164 Å². The van der Waals surface area contributed by atoms with Crippen molar-refractivity contribution >= 4 is 0 Å². The topological polar surface area (TPSA) is 92.3 Å². The zero-order valence-corrected chi connectivity index (χ0v) is 83.3. The van der Waals surface area contributed by atoms with Crippen molar-refractivity contribution in [3.05, 3.63) is 0 Å². The molecule has 10 heteroatoms. The smallest absolute Gasteiger partial charge is 0.0690 e. The van der Waals surface area contributed by atoms with Gasteiger partial charge in [0, 0.05) is 73.2 Å². The minimum absolute atomic E-state index is 0.351. The molecule has 13 unspecified atom stereocenters. The van der Waals surface area contributed by atoms with Crippen molar-refractivity contribution in [3.63, 3.8) is 0 Å². The van der Waals surface area contributed by atoms with Crippen LogP contribution in [0.3, 0.4) is 0 Å². The second kappa shape index (κ2) is 49.7. The van der Waals surface area contributed by atoms with Gasteiger partial charge in [-0.25, -0.2) is 0 Å². The van der Waals surface area contributed by atoms with Crippen molar-refractivity contribution in [1.82, 2.24) is 0 Å². The second-order valence-corrected chi connectivity index (χ2v) is 46.7. The highest BCUT2D eigenvalue weighted by molar-refractivity contribution is 5.11. The molecule has 120 heavy (non-hydrogen) atoms. The standard InChI is InChI=1S/C14H26O.2C13H22O.2C12H20O.C12H22O.C12H24O.C9H16O.C7H16O.C6H14O/c1-2-15-14-10-6-9-13(11-14)12-7-4-3-5-8-12;1-2-14-9-13-6-10-3-11(7-13)5-12(4-10)8-13;1-2-14-8-13-11-4-9-3-10(6-11)7-12(13)5-9;1-2-13-12-6-9-3-10(7-12)5-11(4-9)8-12;1-2-13-12-10-4-8-3-9(6-10)7-11(12)5-8;1-5-13-10-8-9-6-7-12(10,4)11(9,2)3;1-5-13-12-8-10(4)6-7-11(12)9(2)3;1-2-10-9-6-7-3-4-8(9)5-7;1-5-8-7(4)6(2)3;1-5(2)6(3)7-4/h12-14H,2-11H2,1H3;10-12H,2-9H2,1H3;9-13H,2-8H2,1H3;9-11H,2-8H2,1H3;8-12H,2-7H2,1H3;9-10H,5-8H2,1-4H3;9-12H,5-8H2,1-4H3;7-9H,2-6H2,1H3;6-7H,5H2,1-4H3;5-6H,1-4H3. The van der Waals surface area contributed by atoms with Gasteiger partial charge in [-0.05, 0) is 459 Å². The van der Waals surface area contributed by atoms with Gasteiger partial charge in [0.15, 0.2) is 0 Å². The Kier molecular flexibility index (Phi) is 42.2. The molecule has 0 N–H and O–H groups in total. The Morgan fingerprint density at radius 1 is 0.350 bits per heavy atom. The van der Waals surface area contributed by atoms with Gasteiger partial charge in [0.25, 0.3) is 0 Å². The molecule has 0 aromatic heterocycles. The van der Waals surface area contributed by atoms with Crippen LogP contribution in [0.2, 0.25) is 0 Å². The van der Waals surface area contributed by atoms with Gasteiger partial charge in [0.05, 0.1) is 54.9 Å². The van der Waals surface area contributed by atoms with Crippen molar-refractivity contribution in [2.45, 2.75) is 457 Å². The molecule has 0 amide bonds. The lowest BCUT2D eigenvalue weighted by molar-refractivity contribution is -0.159. The summed E-state index contributed by atoms with van der Waals surface area (Å²) in [5, 5.41) is 0. The molecule has 10 nitrogen and oxygen atoms in total. The summed E-state index contributed by atoms with van der Waals surface area (Å²) in [4.78, 5) is 0. The summed E-state index contributed by atoms with van der Waals surface area (Å²) in [5.41, 5.74) is 1.94. The Labute approximate surface area is 744 Å². The van der Waals surface area contributed by atoms with E-state index in [-0.39, 0.29) is 0 Å². The molecule has 0 aliphatic heterocycles. The molecular formula is C110H202O10. The van der Waals surface area contributed by atoms with E-state index >= 15 is 0 Å². The first-order valence-electron chi connectivity index (χ1n) is 53.7. The zero-order valence-electron chi connectivity index (χ0n) is 83.3. The van der Waals surface area contributed by atoms with Crippen LogP contribution in [0.15, 0.2) is 0 Å². The molecule has 20 bridgehead atoms. The highest BCUT2D eigenvalue weighted by Gasteiger charge is 2.62. The third kappa shape index (κ3) is 28.3. The van der Waals surface area contributed by atoms with Crippen LogP contribution >= 0.6 is 0 Å². The molecule has 23 rings (SSSR count). The fourth-order valence-electron chi connectivity index (χ4n) is 31.2. The third-order valence-electron chi connectivity index (χ3n) is 37.2. The Hall–Kier alpha value is -0.400. The first-order chi connectivity index (χ1) is 57.6. The number of rotatable bonds is 25. The lowest BCUT2D eigenvalue weighted by Crippen LogP contribution is -2.51. The maximum Gasteiger partial charge on any atom is 0.0690 e. The summed E-state index contributed by atoms with van der Waals surface area (Å²) in [6.45, 7) is 56.3. The summed E-state index contributed by atoms with van der Waals surface area (Å²) in [6.07, 6.45) is 63.7. The van der Waals surface area contributed by atoms with Gasteiger partial charge in [-0.15, -0.1) is 0 Å². The maximum absolute atomic E-state index is 6.04. The van der Waals surface area contributed by atoms with E-state index in [4.69, 9.17) is 47.4 Å². The molecule has 0 spiro atoms. The first kappa shape index (κ1) is 102. The van der Waals surface area contributed by atoms with Gasteiger partial charge in [-0.1, -0.05) is 114 Å². The minimum Gasteiger partial charge on any atom is -0.381 e. The molecule has 0 saturated heterocycles. The van der Waals surface area contributed by atoms with Crippen molar-refractivity contribution in [3.8, 4) is 0 Å². The lowest BCUT2D eigenvalue weighted by Gasteiger charge is -2.56. The van der Waals surface area contributed by atoms with Crippen LogP contribution in [0.25, 0.3) is 0 Å². The Morgan fingerprint density at radius 3 is 1.26 bits per heavy atom. The van der Waals surface area contributed by atoms with Gasteiger partial charge >= 0.3 is 0 Å². The monoisotopic (exact) mass is 1680 g/mol. The van der Waals surface area contributed by atoms with Gasteiger partial charge < -0.3 is 47.4 Å². The summed E-state index contributed by atoms with van der Waals surface area (Å²) >= 11 is 0. The van der Waals surface area contributed by atoms with E-state index in [0.717, 1.165) is 209 Å². The van der Waals surface area contributed by atoms with Crippen LogP contribution in [-0.2, 0) is 47.4 Å². The van der Waals surface area contributed by atoms with Gasteiger partial charge in [-0.2, -0.15) is 0 Å². The molecule has 23 aliphatic carbocycles. The second-order valence-electron chi connectivity index (χ2n) is 46.7. The fourth-order valence-corrected chi connectivity index (χ4v) is 31.2. The highest BCUT2D eigenvalue weighted by atomic mass is 16.5. The van der Waals surface area contributed by atoms with Crippen molar-refractivity contribution in [2.75, 3.05) is 79.8 Å².